The predicted octanol–water partition coefficient (Wildman–Crippen LogP) is 4.13. The number of benzene rings is 2. The van der Waals surface area contributed by atoms with E-state index in [1.165, 1.54) is 0 Å². The number of likely N-dealkylation sites (N-methyl/N-ethyl adjacent to an activating group) is 1. The molecule has 1 aliphatic heterocycles. The zero-order valence-corrected chi connectivity index (χ0v) is 20.7. The SMILES string of the molecule is CNCC(O)COc1cccc(-c2nc(-c3cc4ccccc4o3)cc(N(C)C3CCOCC3)n2)c1. The minimum atomic E-state index is -0.592. The van der Waals surface area contributed by atoms with E-state index in [0.29, 0.717) is 29.9 Å². The largest absolute Gasteiger partial charge is 0.491 e. The lowest BCUT2D eigenvalue weighted by atomic mass is 10.1. The van der Waals surface area contributed by atoms with Crippen LogP contribution in [-0.4, -0.2) is 67.7 Å². The number of ether oxygens (including phenoxy) is 2. The van der Waals surface area contributed by atoms with Gasteiger partial charge in [0, 0.05) is 49.9 Å². The number of rotatable bonds is 9. The molecule has 1 aliphatic rings. The first-order chi connectivity index (χ1) is 17.6. The summed E-state index contributed by atoms with van der Waals surface area (Å²) in [6.45, 7) is 2.16. The van der Waals surface area contributed by atoms with Crippen LogP contribution in [0.2, 0.25) is 0 Å². The van der Waals surface area contributed by atoms with Crippen LogP contribution in [-0.2, 0) is 4.74 Å². The van der Waals surface area contributed by atoms with E-state index in [-0.39, 0.29) is 6.61 Å². The van der Waals surface area contributed by atoms with Crippen LogP contribution in [0.15, 0.2) is 65.1 Å². The van der Waals surface area contributed by atoms with Crippen molar-refractivity contribution in [2.45, 2.75) is 25.0 Å². The number of hydrogen-bond acceptors (Lipinski definition) is 8. The van der Waals surface area contributed by atoms with E-state index in [0.717, 1.165) is 54.1 Å². The van der Waals surface area contributed by atoms with Gasteiger partial charge in [0.25, 0.3) is 0 Å². The van der Waals surface area contributed by atoms with Crippen molar-refractivity contribution >= 4 is 16.8 Å². The number of hydrogen-bond donors (Lipinski definition) is 2. The van der Waals surface area contributed by atoms with Gasteiger partial charge in [-0.05, 0) is 44.2 Å². The number of aromatic nitrogens is 2. The van der Waals surface area contributed by atoms with Gasteiger partial charge < -0.3 is 29.2 Å². The summed E-state index contributed by atoms with van der Waals surface area (Å²) in [5, 5.41) is 14.0. The standard InChI is InChI=1S/C28H32N4O4/c1-29-17-22(33)18-35-23-8-5-7-20(14-23)28-30-24(26-15-19-6-3-4-9-25(19)36-26)16-27(31-28)32(2)21-10-12-34-13-11-21/h3-9,14-16,21-22,29,33H,10-13,17-18H2,1-2H3. The Kier molecular flexibility index (Phi) is 7.46. The first-order valence-electron chi connectivity index (χ1n) is 12.4. The van der Waals surface area contributed by atoms with Crippen molar-refractivity contribution in [3.05, 3.63) is 60.7 Å². The second-order valence-electron chi connectivity index (χ2n) is 9.09. The van der Waals surface area contributed by atoms with E-state index in [9.17, 15) is 5.11 Å². The lowest BCUT2D eigenvalue weighted by Crippen LogP contribution is -2.37. The Morgan fingerprint density at radius 1 is 1.08 bits per heavy atom. The lowest BCUT2D eigenvalue weighted by Gasteiger charge is -2.32. The van der Waals surface area contributed by atoms with E-state index < -0.39 is 6.10 Å². The molecule has 188 valence electrons. The highest BCUT2D eigenvalue weighted by atomic mass is 16.5. The monoisotopic (exact) mass is 488 g/mol. The van der Waals surface area contributed by atoms with Crippen LogP contribution in [0.4, 0.5) is 5.82 Å². The fourth-order valence-electron chi connectivity index (χ4n) is 4.45. The quantitative estimate of drug-likeness (QED) is 0.363. The van der Waals surface area contributed by atoms with Crippen molar-refractivity contribution in [3.8, 4) is 28.6 Å². The summed E-state index contributed by atoms with van der Waals surface area (Å²) in [6, 6.07) is 19.9. The minimum absolute atomic E-state index is 0.196. The molecule has 8 nitrogen and oxygen atoms in total. The molecule has 0 aliphatic carbocycles. The molecule has 1 unspecified atom stereocenters. The van der Waals surface area contributed by atoms with E-state index in [1.54, 1.807) is 7.05 Å². The Morgan fingerprint density at radius 3 is 2.72 bits per heavy atom. The maximum Gasteiger partial charge on any atom is 0.162 e. The summed E-state index contributed by atoms with van der Waals surface area (Å²) in [5.41, 5.74) is 2.37. The van der Waals surface area contributed by atoms with Gasteiger partial charge in [-0.15, -0.1) is 0 Å². The third-order valence-electron chi connectivity index (χ3n) is 6.46. The highest BCUT2D eigenvalue weighted by Gasteiger charge is 2.22. The maximum atomic E-state index is 10.0. The molecule has 0 saturated carbocycles. The van der Waals surface area contributed by atoms with Gasteiger partial charge in [-0.2, -0.15) is 0 Å². The average Bonchev–Trinajstić information content (AvgIpc) is 3.37. The molecule has 3 heterocycles. The van der Waals surface area contributed by atoms with Gasteiger partial charge in [0.15, 0.2) is 11.6 Å². The summed E-state index contributed by atoms with van der Waals surface area (Å²) < 4.78 is 17.5. The third-order valence-corrected chi connectivity index (χ3v) is 6.46. The molecule has 2 N–H and O–H groups in total. The van der Waals surface area contributed by atoms with E-state index in [2.05, 4.69) is 17.3 Å². The Morgan fingerprint density at radius 2 is 1.92 bits per heavy atom. The van der Waals surface area contributed by atoms with E-state index in [1.807, 2.05) is 60.7 Å². The molecular formula is C28H32N4O4. The van der Waals surface area contributed by atoms with Crippen molar-refractivity contribution in [2.24, 2.45) is 0 Å². The molecule has 0 amide bonds. The first-order valence-corrected chi connectivity index (χ1v) is 12.4. The summed E-state index contributed by atoms with van der Waals surface area (Å²) >= 11 is 0. The molecule has 5 rings (SSSR count). The Bertz CT molecular complexity index is 1270. The molecule has 4 aromatic rings. The third kappa shape index (κ3) is 5.51. The number of furan rings is 1. The predicted molar refractivity (Wildman–Crippen MR) is 140 cm³/mol. The number of para-hydroxylation sites is 1. The highest BCUT2D eigenvalue weighted by molar-refractivity contribution is 5.82. The number of anilines is 1. The number of fused-ring (bicyclic) bond motifs is 1. The number of aliphatic hydroxyl groups excluding tert-OH is 1. The Hall–Kier alpha value is -3.46. The summed E-state index contributed by atoms with van der Waals surface area (Å²) in [5.74, 6) is 2.77. The molecule has 1 fully saturated rings. The summed E-state index contributed by atoms with van der Waals surface area (Å²) in [7, 11) is 3.87. The Labute approximate surface area is 210 Å². The van der Waals surface area contributed by atoms with Gasteiger partial charge >= 0.3 is 0 Å². The van der Waals surface area contributed by atoms with Crippen LogP contribution in [0.3, 0.4) is 0 Å². The van der Waals surface area contributed by atoms with E-state index >= 15 is 0 Å². The molecule has 0 spiro atoms. The second-order valence-corrected chi connectivity index (χ2v) is 9.09. The zero-order chi connectivity index (χ0) is 24.9. The number of nitrogens with one attached hydrogen (secondary N) is 1. The number of nitrogens with zero attached hydrogens (tertiary/aromatic N) is 3. The van der Waals surface area contributed by atoms with Gasteiger partial charge in [-0.1, -0.05) is 30.3 Å². The van der Waals surface area contributed by atoms with Crippen LogP contribution < -0.4 is 15.0 Å². The van der Waals surface area contributed by atoms with Crippen LogP contribution in [0.25, 0.3) is 33.8 Å². The minimum Gasteiger partial charge on any atom is -0.491 e. The molecular weight excluding hydrogens is 456 g/mol. The van der Waals surface area contributed by atoms with Gasteiger partial charge in [0.2, 0.25) is 0 Å². The van der Waals surface area contributed by atoms with Crippen molar-refractivity contribution in [2.75, 3.05) is 45.4 Å². The van der Waals surface area contributed by atoms with Crippen LogP contribution in [0, 0.1) is 0 Å². The smallest absolute Gasteiger partial charge is 0.162 e. The molecule has 0 bridgehead atoms. The van der Waals surface area contributed by atoms with Gasteiger partial charge in [-0.25, -0.2) is 9.97 Å². The number of aliphatic hydroxyl groups is 1. The molecule has 2 aromatic heterocycles. The van der Waals surface area contributed by atoms with Crippen molar-refractivity contribution in [1.29, 1.82) is 0 Å². The molecule has 1 atom stereocenters. The fraction of sp³-hybridized carbons (Fsp3) is 0.357. The van der Waals surface area contributed by atoms with Gasteiger partial charge in [0.1, 0.15) is 35.6 Å². The fourth-order valence-corrected chi connectivity index (χ4v) is 4.45. The molecule has 2 aromatic carbocycles. The first kappa shape index (κ1) is 24.2. The zero-order valence-electron chi connectivity index (χ0n) is 20.7. The summed E-state index contributed by atoms with van der Waals surface area (Å²) in [4.78, 5) is 12.0. The summed E-state index contributed by atoms with van der Waals surface area (Å²) in [6.07, 6.45) is 1.31. The molecule has 1 saturated heterocycles. The highest BCUT2D eigenvalue weighted by Crippen LogP contribution is 2.32. The van der Waals surface area contributed by atoms with Crippen LogP contribution >= 0.6 is 0 Å². The maximum absolute atomic E-state index is 10.0. The van der Waals surface area contributed by atoms with Crippen LogP contribution in [0.5, 0.6) is 5.75 Å². The molecule has 0 radical (unpaired) electrons. The van der Waals surface area contributed by atoms with Crippen molar-refractivity contribution in [3.63, 3.8) is 0 Å². The van der Waals surface area contributed by atoms with E-state index in [4.69, 9.17) is 23.9 Å². The normalized spacial score (nSPS) is 15.2. The van der Waals surface area contributed by atoms with Crippen molar-refractivity contribution < 1.29 is 19.0 Å². The lowest BCUT2D eigenvalue weighted by molar-refractivity contribution is 0.0853. The van der Waals surface area contributed by atoms with Crippen molar-refractivity contribution in [1.82, 2.24) is 15.3 Å². The van der Waals surface area contributed by atoms with Crippen LogP contribution in [0.1, 0.15) is 12.8 Å². The van der Waals surface area contributed by atoms with Gasteiger partial charge in [0.05, 0.1) is 0 Å². The Balaban J connectivity index is 1.51. The van der Waals surface area contributed by atoms with Gasteiger partial charge in [-0.3, -0.25) is 0 Å². The molecule has 8 heteroatoms. The molecule has 36 heavy (non-hydrogen) atoms. The average molecular weight is 489 g/mol. The topological polar surface area (TPSA) is 92.9 Å². The second kappa shape index (κ2) is 11.1.